The van der Waals surface area contributed by atoms with Gasteiger partial charge in [-0.05, 0) is 12.8 Å². The standard InChI is InChI=1S/C7H14O3S.CH2O2/c1-11(8,9)10-7-5-3-2-4-6-7;2-1-3/h7H,2-6H2,1H3;1H,(H,2,3). The summed E-state index contributed by atoms with van der Waals surface area (Å²) in [5.41, 5.74) is 0. The molecule has 1 aliphatic carbocycles. The fourth-order valence-electron chi connectivity index (χ4n) is 1.41. The molecule has 1 saturated carbocycles. The third-order valence-corrected chi connectivity index (χ3v) is 2.48. The molecule has 0 atom stereocenters. The van der Waals surface area contributed by atoms with Crippen LogP contribution < -0.4 is 0 Å². The predicted octanol–water partition coefficient (Wildman–Crippen LogP) is 0.996. The highest BCUT2D eigenvalue weighted by Gasteiger charge is 2.17. The maximum Gasteiger partial charge on any atom is 0.290 e. The minimum atomic E-state index is -3.22. The van der Waals surface area contributed by atoms with E-state index < -0.39 is 10.1 Å². The molecule has 6 heteroatoms. The molecule has 14 heavy (non-hydrogen) atoms. The van der Waals surface area contributed by atoms with Crippen LogP contribution in [0.1, 0.15) is 32.1 Å². The van der Waals surface area contributed by atoms with Gasteiger partial charge in [-0.15, -0.1) is 0 Å². The third kappa shape index (κ3) is 8.00. The Hall–Kier alpha value is -0.620. The molecule has 0 spiro atoms. The van der Waals surface area contributed by atoms with Crippen molar-refractivity contribution in [3.8, 4) is 0 Å². The van der Waals surface area contributed by atoms with Gasteiger partial charge in [-0.25, -0.2) is 0 Å². The Morgan fingerprint density at radius 1 is 1.29 bits per heavy atom. The van der Waals surface area contributed by atoms with E-state index >= 15 is 0 Å². The number of carbonyl (C=O) groups is 1. The molecule has 0 bridgehead atoms. The molecule has 0 aromatic heterocycles. The molecule has 0 aromatic carbocycles. The molecular weight excluding hydrogens is 208 g/mol. The van der Waals surface area contributed by atoms with Crippen LogP contribution in [0.2, 0.25) is 0 Å². The molecule has 0 radical (unpaired) electrons. The third-order valence-electron chi connectivity index (χ3n) is 1.86. The second-order valence-corrected chi connectivity index (χ2v) is 4.77. The average molecular weight is 224 g/mol. The van der Waals surface area contributed by atoms with E-state index in [2.05, 4.69) is 0 Å². The maximum atomic E-state index is 10.7. The number of hydrogen-bond donors (Lipinski definition) is 1. The largest absolute Gasteiger partial charge is 0.483 e. The summed E-state index contributed by atoms with van der Waals surface area (Å²) in [4.78, 5) is 8.36. The van der Waals surface area contributed by atoms with E-state index in [9.17, 15) is 8.42 Å². The van der Waals surface area contributed by atoms with Gasteiger partial charge in [-0.3, -0.25) is 8.98 Å². The van der Waals surface area contributed by atoms with Gasteiger partial charge < -0.3 is 5.11 Å². The molecule has 84 valence electrons. The molecule has 0 heterocycles. The Labute approximate surface area is 84.2 Å². The zero-order chi connectivity index (χ0) is 11.0. The van der Waals surface area contributed by atoms with E-state index in [1.165, 1.54) is 6.42 Å². The van der Waals surface area contributed by atoms with Gasteiger partial charge in [0.15, 0.2) is 0 Å². The predicted molar refractivity (Wildman–Crippen MR) is 51.5 cm³/mol. The Kier molecular flexibility index (Phi) is 6.48. The molecule has 1 fully saturated rings. The quantitative estimate of drug-likeness (QED) is 0.559. The van der Waals surface area contributed by atoms with Crippen molar-refractivity contribution in [3.05, 3.63) is 0 Å². The molecule has 0 aliphatic heterocycles. The lowest BCUT2D eigenvalue weighted by Gasteiger charge is -2.19. The van der Waals surface area contributed by atoms with Crippen LogP contribution in [0.25, 0.3) is 0 Å². The van der Waals surface area contributed by atoms with Gasteiger partial charge >= 0.3 is 0 Å². The fraction of sp³-hybridized carbons (Fsp3) is 0.875. The summed E-state index contributed by atoms with van der Waals surface area (Å²) in [5.74, 6) is 0. The van der Waals surface area contributed by atoms with Gasteiger partial charge in [-0.2, -0.15) is 8.42 Å². The zero-order valence-electron chi connectivity index (χ0n) is 8.18. The monoisotopic (exact) mass is 224 g/mol. The van der Waals surface area contributed by atoms with Gasteiger partial charge in [0.2, 0.25) is 0 Å². The lowest BCUT2D eigenvalue weighted by atomic mass is 9.98. The van der Waals surface area contributed by atoms with E-state index in [0.29, 0.717) is 0 Å². The van der Waals surface area contributed by atoms with E-state index in [4.69, 9.17) is 14.1 Å². The zero-order valence-corrected chi connectivity index (χ0v) is 9.00. The van der Waals surface area contributed by atoms with Crippen molar-refractivity contribution in [3.63, 3.8) is 0 Å². The van der Waals surface area contributed by atoms with Crippen molar-refractivity contribution in [1.29, 1.82) is 0 Å². The lowest BCUT2D eigenvalue weighted by molar-refractivity contribution is -0.122. The first-order valence-corrected chi connectivity index (χ1v) is 6.27. The summed E-state index contributed by atoms with van der Waals surface area (Å²) in [6, 6.07) is 0. The summed E-state index contributed by atoms with van der Waals surface area (Å²) >= 11 is 0. The number of carboxylic acid groups (broad SMARTS) is 1. The second kappa shape index (κ2) is 6.78. The summed E-state index contributed by atoms with van der Waals surface area (Å²) < 4.78 is 26.2. The first kappa shape index (κ1) is 13.4. The van der Waals surface area contributed by atoms with E-state index in [1.54, 1.807) is 0 Å². The van der Waals surface area contributed by atoms with Crippen molar-refractivity contribution in [2.24, 2.45) is 0 Å². The topological polar surface area (TPSA) is 80.7 Å². The SMILES string of the molecule is CS(=O)(=O)OC1CCCCC1.O=CO. The number of rotatable bonds is 2. The average Bonchev–Trinajstić information content (AvgIpc) is 2.04. The summed E-state index contributed by atoms with van der Waals surface area (Å²) in [6.45, 7) is -0.250. The van der Waals surface area contributed by atoms with Crippen molar-refractivity contribution < 1.29 is 22.5 Å². The van der Waals surface area contributed by atoms with E-state index in [0.717, 1.165) is 31.9 Å². The van der Waals surface area contributed by atoms with Crippen LogP contribution in [-0.4, -0.2) is 32.4 Å². The molecule has 5 nitrogen and oxygen atoms in total. The first-order valence-electron chi connectivity index (χ1n) is 4.45. The first-order chi connectivity index (χ1) is 6.49. The van der Waals surface area contributed by atoms with Crippen LogP contribution in [0.15, 0.2) is 0 Å². The van der Waals surface area contributed by atoms with Crippen molar-refractivity contribution in [1.82, 2.24) is 0 Å². The van der Waals surface area contributed by atoms with Gasteiger partial charge in [0.25, 0.3) is 16.6 Å². The van der Waals surface area contributed by atoms with Gasteiger partial charge in [-0.1, -0.05) is 19.3 Å². The van der Waals surface area contributed by atoms with Crippen LogP contribution in [0.5, 0.6) is 0 Å². The summed E-state index contributed by atoms with van der Waals surface area (Å²) in [6.07, 6.45) is 6.27. The second-order valence-electron chi connectivity index (χ2n) is 3.17. The lowest BCUT2D eigenvalue weighted by Crippen LogP contribution is -2.20. The Balaban J connectivity index is 0.000000500. The molecule has 1 aliphatic rings. The molecule has 0 unspecified atom stereocenters. The van der Waals surface area contributed by atoms with Gasteiger partial charge in [0.1, 0.15) is 0 Å². The van der Waals surface area contributed by atoms with Crippen molar-refractivity contribution >= 4 is 16.6 Å². The van der Waals surface area contributed by atoms with Crippen LogP contribution >= 0.6 is 0 Å². The van der Waals surface area contributed by atoms with Crippen LogP contribution in [0.3, 0.4) is 0 Å². The highest BCUT2D eigenvalue weighted by Crippen LogP contribution is 2.21. The molecule has 0 saturated heterocycles. The molecule has 1 rings (SSSR count). The molecule has 0 amide bonds. The normalized spacial score (nSPS) is 18.1. The van der Waals surface area contributed by atoms with Crippen molar-refractivity contribution in [2.45, 2.75) is 38.2 Å². The number of hydrogen-bond acceptors (Lipinski definition) is 4. The van der Waals surface area contributed by atoms with E-state index in [-0.39, 0.29) is 12.6 Å². The van der Waals surface area contributed by atoms with Gasteiger partial charge in [0.05, 0.1) is 12.4 Å². The van der Waals surface area contributed by atoms with Crippen LogP contribution in [-0.2, 0) is 19.1 Å². The van der Waals surface area contributed by atoms with Crippen LogP contribution in [0.4, 0.5) is 0 Å². The fourth-order valence-corrected chi connectivity index (χ4v) is 2.10. The minimum Gasteiger partial charge on any atom is -0.483 e. The minimum absolute atomic E-state index is 0.0428. The Bertz CT molecular complexity index is 240. The molecule has 1 N–H and O–H groups in total. The van der Waals surface area contributed by atoms with E-state index in [1.807, 2.05) is 0 Å². The molecule has 0 aromatic rings. The summed E-state index contributed by atoms with van der Waals surface area (Å²) in [5, 5.41) is 6.89. The summed E-state index contributed by atoms with van der Waals surface area (Å²) in [7, 11) is -3.22. The molecular formula is C8H16O5S. The van der Waals surface area contributed by atoms with Crippen molar-refractivity contribution in [2.75, 3.05) is 6.26 Å². The highest BCUT2D eigenvalue weighted by atomic mass is 32.2. The van der Waals surface area contributed by atoms with Gasteiger partial charge in [0, 0.05) is 0 Å². The maximum absolute atomic E-state index is 10.7. The Morgan fingerprint density at radius 2 is 1.71 bits per heavy atom. The smallest absolute Gasteiger partial charge is 0.290 e. The Morgan fingerprint density at radius 3 is 2.07 bits per heavy atom. The van der Waals surface area contributed by atoms with Crippen LogP contribution in [0, 0.1) is 0 Å². The highest BCUT2D eigenvalue weighted by molar-refractivity contribution is 7.86.